The fourth-order valence-electron chi connectivity index (χ4n) is 3.53. The lowest BCUT2D eigenvalue weighted by atomic mass is 9.69. The van der Waals surface area contributed by atoms with Gasteiger partial charge in [-0.15, -0.1) is 0 Å². The monoisotopic (exact) mass is 335 g/mol. The van der Waals surface area contributed by atoms with Gasteiger partial charge in [0.15, 0.2) is 11.6 Å². The van der Waals surface area contributed by atoms with Gasteiger partial charge in [0.25, 0.3) is 0 Å². The van der Waals surface area contributed by atoms with Crippen LogP contribution >= 0.6 is 15.9 Å². The van der Waals surface area contributed by atoms with Crippen LogP contribution in [0.1, 0.15) is 55.6 Å². The average Bonchev–Trinajstić information content (AvgIpc) is 2.73. The van der Waals surface area contributed by atoms with Crippen molar-refractivity contribution < 1.29 is 9.59 Å². The van der Waals surface area contributed by atoms with E-state index in [1.807, 2.05) is 33.8 Å². The van der Waals surface area contributed by atoms with E-state index >= 15 is 0 Å². The fourth-order valence-corrected chi connectivity index (χ4v) is 4.22. The molecule has 0 atom stereocenters. The molecule has 0 radical (unpaired) electrons. The molecule has 2 aliphatic rings. The standard InChI is InChI=1S/C16H18BrNO2/c1-15(2)9-7-10(17)12-8(5-6-11(12)19)13(9)18-16(3,4)14(15)20/h7,18H,5-6H2,1-4H3. The Kier molecular flexibility index (Phi) is 2.72. The van der Waals surface area contributed by atoms with E-state index in [4.69, 9.17) is 0 Å². The van der Waals surface area contributed by atoms with Gasteiger partial charge in [0.2, 0.25) is 0 Å². The number of hydrogen-bond donors (Lipinski definition) is 1. The Morgan fingerprint density at radius 2 is 1.80 bits per heavy atom. The summed E-state index contributed by atoms with van der Waals surface area (Å²) in [6.45, 7) is 7.75. The molecule has 3 rings (SSSR count). The van der Waals surface area contributed by atoms with E-state index in [0.717, 1.165) is 33.3 Å². The number of hydrogen-bond acceptors (Lipinski definition) is 3. The summed E-state index contributed by atoms with van der Waals surface area (Å²) in [7, 11) is 0. The minimum Gasteiger partial charge on any atom is -0.373 e. The number of nitrogens with one attached hydrogen (secondary N) is 1. The third-order valence-corrected chi connectivity index (χ3v) is 5.14. The first kappa shape index (κ1) is 13.8. The number of halogens is 1. The van der Waals surface area contributed by atoms with Crippen LogP contribution in [0.4, 0.5) is 5.69 Å². The summed E-state index contributed by atoms with van der Waals surface area (Å²) in [6.07, 6.45) is 1.31. The van der Waals surface area contributed by atoms with Crippen molar-refractivity contribution in [1.82, 2.24) is 0 Å². The molecule has 0 bridgehead atoms. The second-order valence-corrected chi connectivity index (χ2v) is 7.62. The van der Waals surface area contributed by atoms with Crippen molar-refractivity contribution in [2.45, 2.75) is 51.5 Å². The van der Waals surface area contributed by atoms with Gasteiger partial charge in [-0.3, -0.25) is 9.59 Å². The highest BCUT2D eigenvalue weighted by molar-refractivity contribution is 9.10. The van der Waals surface area contributed by atoms with E-state index < -0.39 is 11.0 Å². The molecular weight excluding hydrogens is 318 g/mol. The molecule has 0 saturated carbocycles. The zero-order valence-electron chi connectivity index (χ0n) is 12.2. The van der Waals surface area contributed by atoms with Gasteiger partial charge in [0.1, 0.15) is 0 Å². The highest BCUT2D eigenvalue weighted by Crippen LogP contribution is 2.47. The van der Waals surface area contributed by atoms with Gasteiger partial charge >= 0.3 is 0 Å². The van der Waals surface area contributed by atoms with E-state index in [2.05, 4.69) is 21.2 Å². The molecule has 1 aliphatic carbocycles. The van der Waals surface area contributed by atoms with Crippen molar-refractivity contribution in [1.29, 1.82) is 0 Å². The van der Waals surface area contributed by atoms with Crippen LogP contribution < -0.4 is 5.32 Å². The fraction of sp³-hybridized carbons (Fsp3) is 0.500. The highest BCUT2D eigenvalue weighted by Gasteiger charge is 2.47. The maximum atomic E-state index is 12.7. The Hall–Kier alpha value is -1.16. The van der Waals surface area contributed by atoms with Crippen molar-refractivity contribution in [2.24, 2.45) is 0 Å². The molecule has 20 heavy (non-hydrogen) atoms. The van der Waals surface area contributed by atoms with E-state index in [0.29, 0.717) is 6.42 Å². The zero-order valence-corrected chi connectivity index (χ0v) is 13.8. The second kappa shape index (κ2) is 3.94. The minimum atomic E-state index is -0.607. The van der Waals surface area contributed by atoms with Crippen LogP contribution in [0.3, 0.4) is 0 Å². The Labute approximate surface area is 127 Å². The number of fused-ring (bicyclic) bond motifs is 3. The molecule has 1 aliphatic heterocycles. The van der Waals surface area contributed by atoms with Gasteiger partial charge in [-0.1, -0.05) is 15.9 Å². The Morgan fingerprint density at radius 3 is 2.45 bits per heavy atom. The smallest absolute Gasteiger partial charge is 0.167 e. The maximum Gasteiger partial charge on any atom is 0.167 e. The lowest BCUT2D eigenvalue weighted by molar-refractivity contribution is -0.127. The van der Waals surface area contributed by atoms with Crippen LogP contribution in [0.25, 0.3) is 0 Å². The molecule has 0 saturated heterocycles. The number of carbonyl (C=O) groups excluding carboxylic acids is 2. The number of anilines is 1. The maximum absolute atomic E-state index is 12.7. The molecule has 1 heterocycles. The molecule has 0 aromatic heterocycles. The number of ketones is 2. The van der Waals surface area contributed by atoms with Crippen molar-refractivity contribution in [3.05, 3.63) is 27.2 Å². The van der Waals surface area contributed by atoms with Gasteiger partial charge in [-0.05, 0) is 51.3 Å². The van der Waals surface area contributed by atoms with Crippen LogP contribution in [0, 0.1) is 0 Å². The Balaban J connectivity index is 2.34. The molecular formula is C16H18BrNO2. The van der Waals surface area contributed by atoms with Crippen LogP contribution in [0.2, 0.25) is 0 Å². The summed E-state index contributed by atoms with van der Waals surface area (Å²) < 4.78 is 0.816. The van der Waals surface area contributed by atoms with Crippen LogP contribution in [-0.2, 0) is 16.6 Å². The third kappa shape index (κ3) is 1.63. The van der Waals surface area contributed by atoms with Gasteiger partial charge in [0.05, 0.1) is 11.0 Å². The zero-order chi connectivity index (χ0) is 14.9. The first-order valence-electron chi connectivity index (χ1n) is 6.88. The summed E-state index contributed by atoms with van der Waals surface area (Å²) >= 11 is 3.51. The topological polar surface area (TPSA) is 46.2 Å². The van der Waals surface area contributed by atoms with Crippen LogP contribution in [-0.4, -0.2) is 17.1 Å². The van der Waals surface area contributed by atoms with Gasteiger partial charge in [-0.2, -0.15) is 0 Å². The Morgan fingerprint density at radius 1 is 1.15 bits per heavy atom. The SMILES string of the molecule is CC1(C)Nc2c(cc(Br)c3c2CCC3=O)C(C)(C)C1=O. The molecule has 0 amide bonds. The van der Waals surface area contributed by atoms with E-state index in [1.54, 1.807) is 0 Å². The summed E-state index contributed by atoms with van der Waals surface area (Å²) in [5.41, 5.74) is 2.67. The lowest BCUT2D eigenvalue weighted by Gasteiger charge is -2.43. The average molecular weight is 336 g/mol. The summed E-state index contributed by atoms with van der Waals surface area (Å²) in [6, 6.07) is 1.94. The molecule has 0 fully saturated rings. The summed E-state index contributed by atoms with van der Waals surface area (Å²) in [4.78, 5) is 24.7. The quantitative estimate of drug-likeness (QED) is 0.787. The molecule has 3 nitrogen and oxygen atoms in total. The summed E-state index contributed by atoms with van der Waals surface area (Å²) in [5, 5.41) is 3.37. The van der Waals surface area contributed by atoms with Gasteiger partial charge < -0.3 is 5.32 Å². The van der Waals surface area contributed by atoms with Gasteiger partial charge in [-0.25, -0.2) is 0 Å². The van der Waals surface area contributed by atoms with Crippen molar-refractivity contribution in [3.8, 4) is 0 Å². The van der Waals surface area contributed by atoms with Crippen molar-refractivity contribution >= 4 is 33.2 Å². The first-order chi connectivity index (χ1) is 9.16. The van der Waals surface area contributed by atoms with Crippen LogP contribution in [0.15, 0.2) is 10.5 Å². The predicted octanol–water partition coefficient (Wildman–Crippen LogP) is 3.63. The largest absolute Gasteiger partial charge is 0.373 e. The van der Waals surface area contributed by atoms with Gasteiger partial charge in [0, 0.05) is 22.1 Å². The number of benzene rings is 1. The third-order valence-electron chi connectivity index (χ3n) is 4.51. The molecule has 1 aromatic carbocycles. The Bertz CT molecular complexity index is 659. The normalized spacial score (nSPS) is 22.2. The van der Waals surface area contributed by atoms with E-state index in [9.17, 15) is 9.59 Å². The van der Waals surface area contributed by atoms with Crippen LogP contribution in [0.5, 0.6) is 0 Å². The number of rotatable bonds is 0. The molecule has 4 heteroatoms. The lowest BCUT2D eigenvalue weighted by Crippen LogP contribution is -2.53. The number of Topliss-reactive ketones (excluding diaryl/α,β-unsaturated/α-hetero) is 2. The molecule has 0 unspecified atom stereocenters. The highest BCUT2D eigenvalue weighted by atomic mass is 79.9. The second-order valence-electron chi connectivity index (χ2n) is 6.76. The molecule has 106 valence electrons. The predicted molar refractivity (Wildman–Crippen MR) is 82.5 cm³/mol. The minimum absolute atomic E-state index is 0.175. The van der Waals surface area contributed by atoms with E-state index in [-0.39, 0.29) is 11.6 Å². The van der Waals surface area contributed by atoms with Crippen molar-refractivity contribution in [2.75, 3.05) is 5.32 Å². The van der Waals surface area contributed by atoms with E-state index in [1.165, 1.54) is 0 Å². The van der Waals surface area contributed by atoms with Crippen molar-refractivity contribution in [3.63, 3.8) is 0 Å². The number of carbonyl (C=O) groups is 2. The molecule has 0 spiro atoms. The molecule has 1 aromatic rings. The first-order valence-corrected chi connectivity index (χ1v) is 7.67. The summed E-state index contributed by atoms with van der Waals surface area (Å²) in [5.74, 6) is 0.359. The molecule has 1 N–H and O–H groups in total.